The largest absolute Gasteiger partial charge is 0.456 e. The normalized spacial score (nSPS) is 9.00. The quantitative estimate of drug-likeness (QED) is 0.584. The van der Waals surface area contributed by atoms with Crippen LogP contribution >= 0.6 is 31.9 Å². The van der Waals surface area contributed by atoms with Gasteiger partial charge in [0, 0.05) is 20.4 Å². The molecule has 0 fully saturated rings. The number of carbonyl (C=O) groups is 1. The molecular formula is C11H8Br2O2. The number of hydrogen-bond acceptors (Lipinski definition) is 2. The molecule has 1 aromatic rings. The summed E-state index contributed by atoms with van der Waals surface area (Å²) < 4.78 is 6.46. The molecule has 1 aromatic carbocycles. The second-order valence-electron chi connectivity index (χ2n) is 2.59. The molecular weight excluding hydrogens is 324 g/mol. The van der Waals surface area contributed by atoms with Crippen LogP contribution < -0.4 is 0 Å². The summed E-state index contributed by atoms with van der Waals surface area (Å²) in [5, 5.41) is 0. The maximum absolute atomic E-state index is 11.0. The number of hydrogen-bond donors (Lipinski definition) is 0. The van der Waals surface area contributed by atoms with E-state index in [0.717, 1.165) is 14.5 Å². The zero-order valence-corrected chi connectivity index (χ0v) is 11.2. The van der Waals surface area contributed by atoms with Gasteiger partial charge in [0.15, 0.2) is 0 Å². The fourth-order valence-electron chi connectivity index (χ4n) is 0.879. The third kappa shape index (κ3) is 4.06. The van der Waals surface area contributed by atoms with Crippen molar-refractivity contribution in [3.8, 4) is 11.8 Å². The summed E-state index contributed by atoms with van der Waals surface area (Å²) >= 11 is 6.67. The zero-order valence-electron chi connectivity index (χ0n) is 8.01. The lowest BCUT2D eigenvalue weighted by atomic mass is 10.2. The minimum absolute atomic E-state index is 0.340. The molecule has 0 aliphatic heterocycles. The van der Waals surface area contributed by atoms with Gasteiger partial charge in [-0.25, -0.2) is 4.79 Å². The number of ether oxygens (including phenoxy) is 1. The Morgan fingerprint density at radius 3 is 2.87 bits per heavy atom. The third-order valence-corrected chi connectivity index (χ3v) is 2.69. The Kier molecular flexibility index (Phi) is 4.86. The fraction of sp³-hybridized carbons (Fsp3) is 0.182. The summed E-state index contributed by atoms with van der Waals surface area (Å²) in [5.41, 5.74) is 0.748. The van der Waals surface area contributed by atoms with Crippen LogP contribution in [0.4, 0.5) is 0 Å². The summed E-state index contributed by atoms with van der Waals surface area (Å²) in [6.07, 6.45) is 0. The van der Waals surface area contributed by atoms with Gasteiger partial charge in [0.05, 0.1) is 6.61 Å². The molecule has 0 N–H and O–H groups in total. The molecule has 0 amide bonds. The molecule has 78 valence electrons. The van der Waals surface area contributed by atoms with E-state index >= 15 is 0 Å². The van der Waals surface area contributed by atoms with Gasteiger partial charge in [-0.1, -0.05) is 21.9 Å². The summed E-state index contributed by atoms with van der Waals surface area (Å²) in [4.78, 5) is 11.0. The highest BCUT2D eigenvalue weighted by molar-refractivity contribution is 9.11. The predicted octanol–water partition coefficient (Wildman–Crippen LogP) is 3.13. The van der Waals surface area contributed by atoms with Crippen molar-refractivity contribution < 1.29 is 9.53 Å². The Hall–Kier alpha value is -0.790. The van der Waals surface area contributed by atoms with E-state index in [1.54, 1.807) is 6.92 Å². The minimum atomic E-state index is -0.510. The lowest BCUT2D eigenvalue weighted by Gasteiger charge is -1.96. The monoisotopic (exact) mass is 330 g/mol. The smallest absolute Gasteiger partial charge is 0.384 e. The van der Waals surface area contributed by atoms with Crippen molar-refractivity contribution in [3.63, 3.8) is 0 Å². The molecule has 0 radical (unpaired) electrons. The molecule has 0 aliphatic carbocycles. The van der Waals surface area contributed by atoms with Gasteiger partial charge < -0.3 is 4.74 Å². The average molecular weight is 332 g/mol. The van der Waals surface area contributed by atoms with Gasteiger partial charge in [-0.2, -0.15) is 0 Å². The first kappa shape index (κ1) is 12.3. The fourth-order valence-corrected chi connectivity index (χ4v) is 1.59. The molecule has 0 spiro atoms. The molecule has 0 aliphatic rings. The van der Waals surface area contributed by atoms with Gasteiger partial charge in [0.25, 0.3) is 0 Å². The van der Waals surface area contributed by atoms with E-state index in [4.69, 9.17) is 4.74 Å². The Morgan fingerprint density at radius 1 is 1.47 bits per heavy atom. The molecule has 0 saturated heterocycles. The first-order valence-corrected chi connectivity index (χ1v) is 5.86. The van der Waals surface area contributed by atoms with E-state index in [1.807, 2.05) is 18.2 Å². The van der Waals surface area contributed by atoms with Crippen molar-refractivity contribution in [2.24, 2.45) is 0 Å². The number of carbonyl (C=O) groups excluding carboxylic acids is 1. The van der Waals surface area contributed by atoms with Crippen LogP contribution in [-0.4, -0.2) is 12.6 Å². The van der Waals surface area contributed by atoms with Crippen LogP contribution in [0.2, 0.25) is 0 Å². The van der Waals surface area contributed by atoms with Crippen molar-refractivity contribution in [1.82, 2.24) is 0 Å². The Balaban J connectivity index is 2.88. The lowest BCUT2D eigenvalue weighted by Crippen LogP contribution is -1.99. The Bertz CT molecular complexity index is 430. The van der Waals surface area contributed by atoms with Gasteiger partial charge in [0.2, 0.25) is 0 Å². The first-order valence-electron chi connectivity index (χ1n) is 4.27. The van der Waals surface area contributed by atoms with Crippen molar-refractivity contribution in [3.05, 3.63) is 32.7 Å². The molecule has 15 heavy (non-hydrogen) atoms. The second-order valence-corrected chi connectivity index (χ2v) is 4.36. The number of benzene rings is 1. The van der Waals surface area contributed by atoms with E-state index in [0.29, 0.717) is 6.61 Å². The number of halogens is 2. The third-order valence-electron chi connectivity index (χ3n) is 1.50. The highest BCUT2D eigenvalue weighted by Crippen LogP contribution is 2.20. The van der Waals surface area contributed by atoms with Gasteiger partial charge in [-0.3, -0.25) is 0 Å². The van der Waals surface area contributed by atoms with Crippen molar-refractivity contribution in [1.29, 1.82) is 0 Å². The standard InChI is InChI=1S/C11H8Br2O2/c1-2-15-11(14)6-3-8-7-9(12)4-5-10(8)13/h4-5,7H,2H2,1H3. The van der Waals surface area contributed by atoms with E-state index in [1.165, 1.54) is 0 Å². The van der Waals surface area contributed by atoms with E-state index in [-0.39, 0.29) is 0 Å². The number of esters is 1. The van der Waals surface area contributed by atoms with E-state index < -0.39 is 5.97 Å². The average Bonchev–Trinajstić information content (AvgIpc) is 2.20. The molecule has 4 heteroatoms. The van der Waals surface area contributed by atoms with Crippen LogP contribution in [0.1, 0.15) is 12.5 Å². The van der Waals surface area contributed by atoms with Crippen LogP contribution in [0.15, 0.2) is 27.1 Å². The highest BCUT2D eigenvalue weighted by Gasteiger charge is 1.98. The van der Waals surface area contributed by atoms with Gasteiger partial charge in [-0.15, -0.1) is 0 Å². The maximum Gasteiger partial charge on any atom is 0.384 e. The van der Waals surface area contributed by atoms with Crippen LogP contribution in [0.3, 0.4) is 0 Å². The van der Waals surface area contributed by atoms with Crippen LogP contribution in [0.5, 0.6) is 0 Å². The predicted molar refractivity (Wildman–Crippen MR) is 65.4 cm³/mol. The first-order chi connectivity index (χ1) is 7.13. The van der Waals surface area contributed by atoms with Crippen molar-refractivity contribution in [2.45, 2.75) is 6.92 Å². The lowest BCUT2D eigenvalue weighted by molar-refractivity contribution is -0.136. The van der Waals surface area contributed by atoms with E-state index in [9.17, 15) is 4.79 Å². The number of rotatable bonds is 1. The topological polar surface area (TPSA) is 26.3 Å². The minimum Gasteiger partial charge on any atom is -0.456 e. The Labute approximate surface area is 105 Å². The summed E-state index contributed by atoms with van der Waals surface area (Å²) in [6.45, 7) is 2.09. The Morgan fingerprint density at radius 2 is 2.20 bits per heavy atom. The molecule has 0 unspecified atom stereocenters. The van der Waals surface area contributed by atoms with Crippen molar-refractivity contribution >= 4 is 37.8 Å². The maximum atomic E-state index is 11.0. The van der Waals surface area contributed by atoms with Crippen molar-refractivity contribution in [2.75, 3.05) is 6.61 Å². The van der Waals surface area contributed by atoms with Crippen LogP contribution in [-0.2, 0) is 9.53 Å². The second kappa shape index (κ2) is 5.94. The SMILES string of the molecule is CCOC(=O)C#Cc1cc(Br)ccc1Br. The molecule has 1 rings (SSSR count). The summed E-state index contributed by atoms with van der Waals surface area (Å²) in [6, 6.07) is 5.58. The summed E-state index contributed by atoms with van der Waals surface area (Å²) in [5.74, 6) is 4.63. The van der Waals surface area contributed by atoms with Crippen LogP contribution in [0, 0.1) is 11.8 Å². The van der Waals surface area contributed by atoms with Gasteiger partial charge >= 0.3 is 5.97 Å². The summed E-state index contributed by atoms with van der Waals surface area (Å²) in [7, 11) is 0. The zero-order chi connectivity index (χ0) is 11.3. The molecule has 0 atom stereocenters. The molecule has 0 aromatic heterocycles. The van der Waals surface area contributed by atoms with Crippen LogP contribution in [0.25, 0.3) is 0 Å². The van der Waals surface area contributed by atoms with Gasteiger partial charge in [0.1, 0.15) is 0 Å². The molecule has 0 saturated carbocycles. The molecule has 0 bridgehead atoms. The highest BCUT2D eigenvalue weighted by atomic mass is 79.9. The van der Waals surface area contributed by atoms with Gasteiger partial charge in [-0.05, 0) is 41.1 Å². The molecule has 2 nitrogen and oxygen atoms in total. The molecule has 0 heterocycles. The van der Waals surface area contributed by atoms with E-state index in [2.05, 4.69) is 43.7 Å².